The van der Waals surface area contributed by atoms with Crippen LogP contribution in [0.15, 0.2) is 42.5 Å². The Morgan fingerprint density at radius 3 is 2.30 bits per heavy atom. The van der Waals surface area contributed by atoms with Gasteiger partial charge in [-0.05, 0) is 61.6 Å². The molecule has 2 aromatic rings. The Bertz CT molecular complexity index is 1200. The van der Waals surface area contributed by atoms with E-state index in [4.69, 9.17) is 23.2 Å². The lowest BCUT2D eigenvalue weighted by Crippen LogP contribution is -2.54. The summed E-state index contributed by atoms with van der Waals surface area (Å²) in [6.45, 7) is 3.24. The number of nitrogens with one attached hydrogen (secondary N) is 1. The quantitative estimate of drug-likeness (QED) is 0.420. The molecule has 0 saturated heterocycles. The van der Waals surface area contributed by atoms with Crippen LogP contribution in [0, 0.1) is 6.92 Å². The van der Waals surface area contributed by atoms with Gasteiger partial charge in [0.25, 0.3) is 0 Å². The van der Waals surface area contributed by atoms with Crippen molar-refractivity contribution in [2.75, 3.05) is 17.1 Å². The molecule has 1 atom stereocenters. The van der Waals surface area contributed by atoms with Crippen molar-refractivity contribution in [1.82, 2.24) is 10.2 Å². The molecule has 0 unspecified atom stereocenters. The fourth-order valence-corrected chi connectivity index (χ4v) is 5.91. The van der Waals surface area contributed by atoms with E-state index >= 15 is 0 Å². The van der Waals surface area contributed by atoms with Gasteiger partial charge in [-0.25, -0.2) is 8.42 Å². The van der Waals surface area contributed by atoms with E-state index in [1.807, 2.05) is 6.92 Å². The molecule has 10 heteroatoms. The molecule has 0 heterocycles. The van der Waals surface area contributed by atoms with Crippen LogP contribution in [0.25, 0.3) is 0 Å². The number of hydrogen-bond acceptors (Lipinski definition) is 4. The molecule has 1 saturated carbocycles. The van der Waals surface area contributed by atoms with E-state index in [0.29, 0.717) is 27.7 Å². The van der Waals surface area contributed by atoms with Gasteiger partial charge in [0.2, 0.25) is 21.8 Å². The zero-order valence-electron chi connectivity index (χ0n) is 21.5. The number of benzene rings is 2. The predicted molar refractivity (Wildman–Crippen MR) is 149 cm³/mol. The Morgan fingerprint density at radius 2 is 1.70 bits per heavy atom. The molecule has 1 N–H and O–H groups in total. The number of nitrogens with zero attached hydrogens (tertiary/aromatic N) is 2. The highest BCUT2D eigenvalue weighted by molar-refractivity contribution is 7.92. The average Bonchev–Trinajstić information content (AvgIpc) is 2.85. The fraction of sp³-hybridized carbons (Fsp3) is 0.481. The van der Waals surface area contributed by atoms with Crippen LogP contribution >= 0.6 is 23.2 Å². The minimum atomic E-state index is -3.83. The van der Waals surface area contributed by atoms with Crippen LogP contribution in [-0.2, 0) is 26.2 Å². The number of rotatable bonds is 10. The van der Waals surface area contributed by atoms with E-state index in [2.05, 4.69) is 5.32 Å². The van der Waals surface area contributed by atoms with Gasteiger partial charge in [0.15, 0.2) is 0 Å². The van der Waals surface area contributed by atoms with Crippen molar-refractivity contribution in [3.63, 3.8) is 0 Å². The van der Waals surface area contributed by atoms with Crippen molar-refractivity contribution in [1.29, 1.82) is 0 Å². The van der Waals surface area contributed by atoms with Crippen LogP contribution in [-0.4, -0.2) is 50.0 Å². The molecule has 2 amide bonds. The van der Waals surface area contributed by atoms with Crippen molar-refractivity contribution >= 4 is 50.7 Å². The molecule has 202 valence electrons. The summed E-state index contributed by atoms with van der Waals surface area (Å²) >= 11 is 12.3. The molecule has 3 rings (SSSR count). The van der Waals surface area contributed by atoms with Gasteiger partial charge >= 0.3 is 0 Å². The van der Waals surface area contributed by atoms with Crippen molar-refractivity contribution < 1.29 is 18.0 Å². The fourth-order valence-electron chi connectivity index (χ4n) is 4.71. The van der Waals surface area contributed by atoms with E-state index in [0.717, 1.165) is 48.2 Å². The van der Waals surface area contributed by atoms with Gasteiger partial charge in [0.05, 0.1) is 11.9 Å². The Labute approximate surface area is 230 Å². The van der Waals surface area contributed by atoms with E-state index < -0.39 is 28.5 Å². The van der Waals surface area contributed by atoms with Crippen LogP contribution in [0.3, 0.4) is 0 Å². The SMILES string of the molecule is CC[C@H](C(=O)NC1CCCCC1)N(Cc1ccc(Cl)cc1)C(=O)CN(c1cccc(Cl)c1C)S(C)(=O)=O. The van der Waals surface area contributed by atoms with E-state index in [9.17, 15) is 18.0 Å². The zero-order valence-corrected chi connectivity index (χ0v) is 23.9. The van der Waals surface area contributed by atoms with Crippen molar-refractivity contribution in [2.45, 2.75) is 71.0 Å². The Hall–Kier alpha value is -2.29. The van der Waals surface area contributed by atoms with Crippen molar-refractivity contribution in [3.8, 4) is 0 Å². The van der Waals surface area contributed by atoms with Crippen LogP contribution in [0.5, 0.6) is 0 Å². The van der Waals surface area contributed by atoms with Crippen LogP contribution < -0.4 is 9.62 Å². The first-order chi connectivity index (χ1) is 17.5. The lowest BCUT2D eigenvalue weighted by Gasteiger charge is -2.34. The molecule has 2 aromatic carbocycles. The van der Waals surface area contributed by atoms with Crippen molar-refractivity contribution in [2.24, 2.45) is 0 Å². The number of sulfonamides is 1. The Kier molecular flexibility index (Phi) is 10.3. The Morgan fingerprint density at radius 1 is 1.05 bits per heavy atom. The lowest BCUT2D eigenvalue weighted by molar-refractivity contribution is -0.140. The highest BCUT2D eigenvalue weighted by atomic mass is 35.5. The molecule has 7 nitrogen and oxygen atoms in total. The number of amides is 2. The third-order valence-electron chi connectivity index (χ3n) is 6.79. The van der Waals surface area contributed by atoms with E-state index in [1.54, 1.807) is 49.4 Å². The average molecular weight is 569 g/mol. The van der Waals surface area contributed by atoms with Gasteiger partial charge in [-0.1, -0.05) is 67.6 Å². The molecule has 1 fully saturated rings. The minimum Gasteiger partial charge on any atom is -0.352 e. The second-order valence-corrected chi connectivity index (χ2v) is 12.3. The highest BCUT2D eigenvalue weighted by Crippen LogP contribution is 2.29. The normalized spacial score (nSPS) is 15.2. The molecular weight excluding hydrogens is 533 g/mol. The van der Waals surface area contributed by atoms with Crippen molar-refractivity contribution in [3.05, 3.63) is 63.6 Å². The van der Waals surface area contributed by atoms with E-state index in [-0.39, 0.29) is 18.5 Å². The first-order valence-electron chi connectivity index (χ1n) is 12.6. The minimum absolute atomic E-state index is 0.0874. The molecule has 1 aliphatic carbocycles. The summed E-state index contributed by atoms with van der Waals surface area (Å²) < 4.78 is 26.7. The van der Waals surface area contributed by atoms with Crippen LogP contribution in [0.2, 0.25) is 10.0 Å². The van der Waals surface area contributed by atoms with Gasteiger partial charge in [0.1, 0.15) is 12.6 Å². The van der Waals surface area contributed by atoms with Crippen LogP contribution in [0.4, 0.5) is 5.69 Å². The number of hydrogen-bond donors (Lipinski definition) is 1. The monoisotopic (exact) mass is 567 g/mol. The molecule has 0 bridgehead atoms. The summed E-state index contributed by atoms with van der Waals surface area (Å²) in [5.41, 5.74) is 1.66. The molecular formula is C27H35Cl2N3O4S. The number of anilines is 1. The van der Waals surface area contributed by atoms with Gasteiger partial charge < -0.3 is 10.2 Å². The lowest BCUT2D eigenvalue weighted by atomic mass is 9.95. The maximum absolute atomic E-state index is 13.8. The van der Waals surface area contributed by atoms with Gasteiger partial charge in [-0.15, -0.1) is 0 Å². The first-order valence-corrected chi connectivity index (χ1v) is 15.2. The maximum atomic E-state index is 13.8. The second-order valence-electron chi connectivity index (χ2n) is 9.57. The van der Waals surface area contributed by atoms with Crippen LogP contribution in [0.1, 0.15) is 56.6 Å². The molecule has 0 spiro atoms. The molecule has 1 aliphatic rings. The van der Waals surface area contributed by atoms with Gasteiger partial charge in [0, 0.05) is 22.6 Å². The van der Waals surface area contributed by atoms with Gasteiger partial charge in [-0.3, -0.25) is 13.9 Å². The third kappa shape index (κ3) is 7.85. The summed E-state index contributed by atoms with van der Waals surface area (Å²) in [5, 5.41) is 4.09. The second kappa shape index (κ2) is 13.0. The summed E-state index contributed by atoms with van der Waals surface area (Å²) in [6.07, 6.45) is 6.57. The zero-order chi connectivity index (χ0) is 27.2. The smallest absolute Gasteiger partial charge is 0.244 e. The third-order valence-corrected chi connectivity index (χ3v) is 8.58. The summed E-state index contributed by atoms with van der Waals surface area (Å²) in [7, 11) is -3.83. The summed E-state index contributed by atoms with van der Waals surface area (Å²) in [4.78, 5) is 28.7. The van der Waals surface area contributed by atoms with Gasteiger partial charge in [-0.2, -0.15) is 0 Å². The molecule has 0 radical (unpaired) electrons. The largest absolute Gasteiger partial charge is 0.352 e. The highest BCUT2D eigenvalue weighted by Gasteiger charge is 2.33. The summed E-state index contributed by atoms with van der Waals surface area (Å²) in [6, 6.07) is 11.3. The first kappa shape index (κ1) is 29.3. The number of carbonyl (C=O) groups is 2. The topological polar surface area (TPSA) is 86.8 Å². The number of carbonyl (C=O) groups excluding carboxylic acids is 2. The van der Waals surface area contributed by atoms with E-state index in [1.165, 1.54) is 4.90 Å². The molecule has 0 aromatic heterocycles. The summed E-state index contributed by atoms with van der Waals surface area (Å²) in [5.74, 6) is -0.702. The molecule has 37 heavy (non-hydrogen) atoms. The Balaban J connectivity index is 1.93. The number of halogens is 2. The molecule has 0 aliphatic heterocycles. The maximum Gasteiger partial charge on any atom is 0.244 e. The predicted octanol–water partition coefficient (Wildman–Crippen LogP) is 5.32. The standard InChI is InChI=1S/C27H35Cl2N3O4S/c1-4-24(27(34)30-22-9-6-5-7-10-22)31(17-20-13-15-21(28)16-14-20)26(33)18-32(37(3,35)36)25-12-8-11-23(29)19(25)2/h8,11-16,22,24H,4-7,9-10,17-18H2,1-3H3,(H,30,34)/t24-/m1/s1.